The lowest BCUT2D eigenvalue weighted by Crippen LogP contribution is -2.38. The van der Waals surface area contributed by atoms with Crippen LogP contribution in [0.2, 0.25) is 0 Å². The number of hydrogen-bond donors (Lipinski definition) is 1. The van der Waals surface area contributed by atoms with Crippen LogP contribution in [0.4, 0.5) is 5.69 Å². The molecule has 8 nitrogen and oxygen atoms in total. The highest BCUT2D eigenvalue weighted by atomic mass is 16.7. The first-order valence-corrected chi connectivity index (χ1v) is 11.5. The zero-order valence-electron chi connectivity index (χ0n) is 19.4. The van der Waals surface area contributed by atoms with E-state index in [-0.39, 0.29) is 25.2 Å². The smallest absolute Gasteiger partial charge is 0.264 e. The summed E-state index contributed by atoms with van der Waals surface area (Å²) in [5.41, 5.74) is 2.36. The highest BCUT2D eigenvalue weighted by Crippen LogP contribution is 2.34. The van der Waals surface area contributed by atoms with Gasteiger partial charge in [0.25, 0.3) is 11.8 Å². The van der Waals surface area contributed by atoms with Gasteiger partial charge in [-0.15, -0.1) is 0 Å². The molecule has 2 aliphatic heterocycles. The summed E-state index contributed by atoms with van der Waals surface area (Å²) in [6.07, 6.45) is -0.0319. The van der Waals surface area contributed by atoms with Crippen LogP contribution in [-0.4, -0.2) is 36.2 Å². The molecule has 0 aliphatic carbocycles. The first-order valence-electron chi connectivity index (χ1n) is 11.5. The molecular formula is C27H26N2O6. The van der Waals surface area contributed by atoms with Gasteiger partial charge in [-0.25, -0.2) is 0 Å². The molecule has 180 valence electrons. The zero-order valence-corrected chi connectivity index (χ0v) is 19.4. The average Bonchev–Trinajstić information content (AvgIpc) is 3.30. The second-order valence-corrected chi connectivity index (χ2v) is 8.37. The van der Waals surface area contributed by atoms with Crippen LogP contribution >= 0.6 is 0 Å². The van der Waals surface area contributed by atoms with E-state index in [1.165, 1.54) is 0 Å². The van der Waals surface area contributed by atoms with E-state index in [2.05, 4.69) is 5.32 Å². The minimum Gasteiger partial charge on any atom is -0.484 e. The lowest BCUT2D eigenvalue weighted by atomic mass is 10.1. The summed E-state index contributed by atoms with van der Waals surface area (Å²) in [6.45, 7) is 2.77. The normalized spacial score (nSPS) is 16.2. The molecule has 0 bridgehead atoms. The van der Waals surface area contributed by atoms with Crippen molar-refractivity contribution >= 4 is 17.5 Å². The van der Waals surface area contributed by atoms with E-state index in [9.17, 15) is 9.59 Å². The van der Waals surface area contributed by atoms with Gasteiger partial charge in [-0.1, -0.05) is 31.2 Å². The maximum absolute atomic E-state index is 13.2. The third kappa shape index (κ3) is 5.16. The number of nitrogens with one attached hydrogen (secondary N) is 1. The predicted molar refractivity (Wildman–Crippen MR) is 129 cm³/mol. The van der Waals surface area contributed by atoms with E-state index in [0.29, 0.717) is 48.2 Å². The van der Waals surface area contributed by atoms with E-state index in [0.717, 1.165) is 11.1 Å². The summed E-state index contributed by atoms with van der Waals surface area (Å²) in [5, 5.41) is 2.86. The standard InChI is InChI=1S/C27H26N2O6/c1-2-22-27(31)29(14-18-8-10-24-25(12-18)34-17-33-24)15-19-13-20(9-11-23(19)35-22)28-26(30)16-32-21-6-4-3-5-7-21/h3-13,22H,2,14-17H2,1H3,(H,28,30)/t22-/m0/s1. The molecule has 0 spiro atoms. The highest BCUT2D eigenvalue weighted by molar-refractivity contribution is 5.92. The molecule has 2 heterocycles. The first-order chi connectivity index (χ1) is 17.1. The molecule has 3 aromatic carbocycles. The van der Waals surface area contributed by atoms with E-state index in [4.69, 9.17) is 18.9 Å². The van der Waals surface area contributed by atoms with Crippen molar-refractivity contribution in [3.05, 3.63) is 77.9 Å². The Labute approximate surface area is 203 Å². The van der Waals surface area contributed by atoms with Crippen molar-refractivity contribution in [1.29, 1.82) is 0 Å². The summed E-state index contributed by atoms with van der Waals surface area (Å²) >= 11 is 0. The van der Waals surface area contributed by atoms with Crippen LogP contribution in [0.1, 0.15) is 24.5 Å². The van der Waals surface area contributed by atoms with Crippen molar-refractivity contribution in [2.24, 2.45) is 0 Å². The monoisotopic (exact) mass is 474 g/mol. The fourth-order valence-corrected chi connectivity index (χ4v) is 4.10. The van der Waals surface area contributed by atoms with Crippen molar-refractivity contribution in [2.45, 2.75) is 32.5 Å². The number of rotatable bonds is 7. The Bertz CT molecular complexity index is 1230. The lowest BCUT2D eigenvalue weighted by molar-refractivity contribution is -0.139. The van der Waals surface area contributed by atoms with Crippen molar-refractivity contribution in [1.82, 2.24) is 4.90 Å². The molecule has 8 heteroatoms. The summed E-state index contributed by atoms with van der Waals surface area (Å²) in [6, 6.07) is 20.2. The van der Waals surface area contributed by atoms with Gasteiger partial charge in [-0.3, -0.25) is 9.59 Å². The maximum atomic E-state index is 13.2. The van der Waals surface area contributed by atoms with E-state index < -0.39 is 6.10 Å². The third-order valence-electron chi connectivity index (χ3n) is 5.86. The minimum atomic E-state index is -0.579. The molecule has 0 aromatic heterocycles. The molecule has 3 aromatic rings. The fraction of sp³-hybridized carbons (Fsp3) is 0.259. The topological polar surface area (TPSA) is 86.3 Å². The van der Waals surface area contributed by atoms with Gasteiger partial charge in [0.15, 0.2) is 24.2 Å². The van der Waals surface area contributed by atoms with Crippen LogP contribution in [0.5, 0.6) is 23.0 Å². The Morgan fingerprint density at radius 1 is 1.03 bits per heavy atom. The molecule has 1 atom stereocenters. The Balaban J connectivity index is 1.31. The summed E-state index contributed by atoms with van der Waals surface area (Å²) in [4.78, 5) is 27.4. The van der Waals surface area contributed by atoms with Gasteiger partial charge in [0, 0.05) is 24.3 Å². The summed E-state index contributed by atoms with van der Waals surface area (Å²) < 4.78 is 22.4. The molecule has 0 unspecified atom stereocenters. The number of nitrogens with zero attached hydrogens (tertiary/aromatic N) is 1. The Morgan fingerprint density at radius 2 is 1.83 bits per heavy atom. The molecule has 1 N–H and O–H groups in total. The van der Waals surface area contributed by atoms with E-state index >= 15 is 0 Å². The third-order valence-corrected chi connectivity index (χ3v) is 5.86. The van der Waals surface area contributed by atoms with Gasteiger partial charge < -0.3 is 29.2 Å². The lowest BCUT2D eigenvalue weighted by Gasteiger charge is -2.23. The first kappa shape index (κ1) is 22.6. The summed E-state index contributed by atoms with van der Waals surface area (Å²) in [7, 11) is 0. The number of carbonyl (C=O) groups is 2. The number of benzene rings is 3. The molecule has 2 aliphatic rings. The van der Waals surface area contributed by atoms with Crippen LogP contribution in [0.15, 0.2) is 66.7 Å². The highest BCUT2D eigenvalue weighted by Gasteiger charge is 2.30. The molecule has 0 saturated carbocycles. The number of carbonyl (C=O) groups excluding carboxylic acids is 2. The van der Waals surface area contributed by atoms with Crippen molar-refractivity contribution in [2.75, 3.05) is 18.7 Å². The molecule has 0 radical (unpaired) electrons. The quantitative estimate of drug-likeness (QED) is 0.554. The Hall–Kier alpha value is -4.20. The van der Waals surface area contributed by atoms with E-state index in [1.54, 1.807) is 29.2 Å². The van der Waals surface area contributed by atoms with Crippen LogP contribution in [0.25, 0.3) is 0 Å². The molecular weight excluding hydrogens is 448 g/mol. The van der Waals surface area contributed by atoms with Gasteiger partial charge in [-0.05, 0) is 54.4 Å². The van der Waals surface area contributed by atoms with Crippen molar-refractivity contribution in [3.63, 3.8) is 0 Å². The predicted octanol–water partition coefficient (Wildman–Crippen LogP) is 4.13. The molecule has 0 fully saturated rings. The second-order valence-electron chi connectivity index (χ2n) is 8.37. The Kier molecular flexibility index (Phi) is 6.43. The zero-order chi connectivity index (χ0) is 24.2. The van der Waals surface area contributed by atoms with E-state index in [1.807, 2.05) is 49.4 Å². The number of ether oxygens (including phenoxy) is 4. The van der Waals surface area contributed by atoms with Crippen molar-refractivity contribution < 1.29 is 28.5 Å². The number of hydrogen-bond acceptors (Lipinski definition) is 6. The van der Waals surface area contributed by atoms with Gasteiger partial charge in [0.1, 0.15) is 11.5 Å². The molecule has 5 rings (SSSR count). The largest absolute Gasteiger partial charge is 0.484 e. The van der Waals surface area contributed by atoms with Gasteiger partial charge in [0.2, 0.25) is 6.79 Å². The maximum Gasteiger partial charge on any atom is 0.264 e. The van der Waals surface area contributed by atoms with Crippen molar-refractivity contribution in [3.8, 4) is 23.0 Å². The van der Waals surface area contributed by atoms with Crippen LogP contribution in [-0.2, 0) is 22.7 Å². The van der Waals surface area contributed by atoms with Crippen LogP contribution in [0, 0.1) is 0 Å². The minimum absolute atomic E-state index is 0.0804. The van der Waals surface area contributed by atoms with Crippen LogP contribution in [0.3, 0.4) is 0 Å². The number of fused-ring (bicyclic) bond motifs is 2. The number of para-hydroxylation sites is 1. The van der Waals surface area contributed by atoms with Gasteiger partial charge in [0.05, 0.1) is 0 Å². The Morgan fingerprint density at radius 3 is 2.66 bits per heavy atom. The van der Waals surface area contributed by atoms with Crippen LogP contribution < -0.4 is 24.3 Å². The molecule has 35 heavy (non-hydrogen) atoms. The fourth-order valence-electron chi connectivity index (χ4n) is 4.10. The molecule has 2 amide bonds. The van der Waals surface area contributed by atoms with Gasteiger partial charge >= 0.3 is 0 Å². The molecule has 0 saturated heterocycles. The second kappa shape index (κ2) is 9.97. The number of amides is 2. The van der Waals surface area contributed by atoms with Gasteiger partial charge in [-0.2, -0.15) is 0 Å². The number of anilines is 1. The summed E-state index contributed by atoms with van der Waals surface area (Å²) in [5.74, 6) is 2.29. The SMILES string of the molecule is CC[C@@H]1Oc2ccc(NC(=O)COc3ccccc3)cc2CN(Cc2ccc3c(c2)OCO3)C1=O. The average molecular weight is 475 g/mol.